The van der Waals surface area contributed by atoms with E-state index in [9.17, 15) is 55.3 Å². The maximum absolute atomic E-state index is 12.4. The minimum Gasteiger partial charge on any atom is -0.744 e. The van der Waals surface area contributed by atoms with E-state index in [2.05, 4.69) is 21.1 Å². The fourth-order valence-electron chi connectivity index (χ4n) is 5.23. The van der Waals surface area contributed by atoms with Gasteiger partial charge in [-0.15, -0.1) is 0 Å². The van der Waals surface area contributed by atoms with Gasteiger partial charge >= 0.3 is 83.2 Å². The van der Waals surface area contributed by atoms with Crippen LogP contribution in [0.5, 0.6) is 0 Å². The summed E-state index contributed by atoms with van der Waals surface area (Å²) in [5.41, 5.74) is 5.61. The van der Waals surface area contributed by atoms with Crippen LogP contribution in [0.1, 0.15) is 33.4 Å². The quantitative estimate of drug-likeness (QED) is 0.103. The zero-order valence-corrected chi connectivity index (χ0v) is 36.6. The Balaban J connectivity index is 0.000000290. The Morgan fingerprint density at radius 2 is 0.929 bits per heavy atom. The molecule has 16 nitrogen and oxygen atoms in total. The largest absolute Gasteiger partial charge is 2.00 e. The number of rotatable bonds is 8. The van der Waals surface area contributed by atoms with E-state index < -0.39 is 64.7 Å². The number of benzene rings is 4. The Kier molecular flexibility index (Phi) is 15.8. The first-order valence-corrected chi connectivity index (χ1v) is 18.1. The number of fused-ring (bicyclic) bond motifs is 2. The fourth-order valence-corrected chi connectivity index (χ4v) is 6.66. The second kappa shape index (κ2) is 19.1. The van der Waals surface area contributed by atoms with Gasteiger partial charge < -0.3 is 28.9 Å². The van der Waals surface area contributed by atoms with Crippen molar-refractivity contribution in [3.63, 3.8) is 0 Å². The van der Waals surface area contributed by atoms with Crippen LogP contribution in [0.2, 0.25) is 0 Å². The number of aryl methyl sites for hydroxylation is 2. The number of aliphatic carboxylic acids is 2. The van der Waals surface area contributed by atoms with Crippen LogP contribution in [0.3, 0.4) is 0 Å². The smallest absolute Gasteiger partial charge is 0.744 e. The molecular formula is C36H24CaN4O12S2Sr. The van der Waals surface area contributed by atoms with Gasteiger partial charge in [0.1, 0.15) is 31.7 Å². The van der Waals surface area contributed by atoms with Crippen LogP contribution >= 0.6 is 0 Å². The number of hydrazone groups is 2. The number of nitrogens with zero attached hydrogens (tertiary/aromatic N) is 2. The summed E-state index contributed by atoms with van der Waals surface area (Å²) in [5, 5.41) is 30.2. The number of nitrogens with one attached hydrogen (secondary N) is 2. The molecule has 0 unspecified atom stereocenters. The zero-order chi connectivity index (χ0) is 39.5. The second-order valence-electron chi connectivity index (χ2n) is 11.6. The molecule has 276 valence electrons. The van der Waals surface area contributed by atoms with Crippen LogP contribution in [0.4, 0.5) is 11.4 Å². The van der Waals surface area contributed by atoms with Gasteiger partial charge in [0, 0.05) is 22.3 Å². The number of hydrogen-bond acceptors (Lipinski definition) is 16. The summed E-state index contributed by atoms with van der Waals surface area (Å²) in [7, 11) is -9.58. The van der Waals surface area contributed by atoms with Crippen LogP contribution in [-0.4, -0.2) is 144 Å². The van der Waals surface area contributed by atoms with Gasteiger partial charge in [-0.3, -0.25) is 20.4 Å². The monoisotopic (exact) mass is 896 g/mol. The normalized spacial score (nSPS) is 14.7. The second-order valence-corrected chi connectivity index (χ2v) is 14.3. The van der Waals surface area contributed by atoms with Gasteiger partial charge in [0.15, 0.2) is 0 Å². The summed E-state index contributed by atoms with van der Waals surface area (Å²) in [5.74, 6) is -5.08. The predicted molar refractivity (Wildman–Crippen MR) is 199 cm³/mol. The molecule has 2 N–H and O–H groups in total. The van der Waals surface area contributed by atoms with E-state index in [0.717, 1.165) is 0 Å². The van der Waals surface area contributed by atoms with Crippen LogP contribution in [0.15, 0.2) is 116 Å². The van der Waals surface area contributed by atoms with Crippen molar-refractivity contribution in [1.82, 2.24) is 0 Å². The summed E-state index contributed by atoms with van der Waals surface area (Å²) in [6.45, 7) is 3.23. The van der Waals surface area contributed by atoms with Crippen molar-refractivity contribution in [2.75, 3.05) is 10.9 Å². The number of hydrogen-bond donors (Lipinski definition) is 2. The summed E-state index contributed by atoms with van der Waals surface area (Å²) >= 11 is 0. The number of carboxylic acids is 2. The molecule has 6 rings (SSSR count). The molecule has 4 aromatic carbocycles. The summed E-state index contributed by atoms with van der Waals surface area (Å²) in [6, 6.07) is 21.0. The summed E-state index contributed by atoms with van der Waals surface area (Å²) in [6.07, 6.45) is 2.37. The SMILES string of the molecule is Cc1ccc(N/N=C2/C(=O)C(C(=O)[O-])=Cc3ccccc32)c(S(=O)(=O)[O-])c1.Cc1ccc(N/N=C2/C(=O)C(C(=O)[O-])=Cc3ccccc32)c(S(=O)(=O)[O-])c1.[Ca+2].[Sr+2]. The van der Waals surface area contributed by atoms with Crippen LogP contribution < -0.4 is 21.1 Å². The Bertz CT molecular complexity index is 2460. The number of carbonyl (C=O) groups is 4. The minimum absolute atomic E-state index is 0. The molecule has 0 spiro atoms. The van der Waals surface area contributed by atoms with Crippen molar-refractivity contribution in [3.8, 4) is 0 Å². The Morgan fingerprint density at radius 1 is 0.589 bits per heavy atom. The maximum atomic E-state index is 12.4. The molecule has 0 atom stereocenters. The molecule has 0 saturated carbocycles. The van der Waals surface area contributed by atoms with E-state index in [4.69, 9.17) is 0 Å². The average Bonchev–Trinajstić information content (AvgIpc) is 3.10. The van der Waals surface area contributed by atoms with Gasteiger partial charge in [0.2, 0.25) is 11.6 Å². The number of anilines is 2. The van der Waals surface area contributed by atoms with Crippen LogP contribution in [0, 0.1) is 13.8 Å². The molecule has 2 aliphatic carbocycles. The predicted octanol–water partition coefficient (Wildman–Crippen LogP) is 0.101. The number of carboxylic acid groups (broad SMARTS) is 2. The molecule has 56 heavy (non-hydrogen) atoms. The van der Waals surface area contributed by atoms with Crippen molar-refractivity contribution < 1.29 is 55.3 Å². The number of carbonyl (C=O) groups excluding carboxylic acids is 4. The molecule has 0 bridgehead atoms. The standard InChI is InChI=1S/2C18H14N2O6S.Ca.Sr/c2*1-10-6-7-14(15(8-10)27(24,25)26)19-20-16-12-5-3-2-4-11(12)9-13(17(16)21)18(22)23;;/h2*2-9,19H,1H3,(H,22,23)(H,24,25,26);;/q;;2*+2/p-4/b2*20-16+;;. The van der Waals surface area contributed by atoms with Gasteiger partial charge in [-0.25, -0.2) is 16.8 Å². The van der Waals surface area contributed by atoms with Crippen molar-refractivity contribution in [2.45, 2.75) is 23.6 Å². The Hall–Kier alpha value is -3.86. The van der Waals surface area contributed by atoms with Gasteiger partial charge in [0.05, 0.1) is 33.1 Å². The van der Waals surface area contributed by atoms with Crippen molar-refractivity contribution >= 4 is 162 Å². The fraction of sp³-hybridized carbons (Fsp3) is 0.0556. The molecule has 0 amide bonds. The van der Waals surface area contributed by atoms with Gasteiger partial charge in [-0.05, 0) is 72.5 Å². The summed E-state index contributed by atoms with van der Waals surface area (Å²) in [4.78, 5) is 46.3. The zero-order valence-electron chi connectivity index (χ0n) is 29.3. The first-order chi connectivity index (χ1) is 25.4. The molecule has 0 fully saturated rings. The van der Waals surface area contributed by atoms with E-state index in [1.807, 2.05) is 0 Å². The minimum atomic E-state index is -4.79. The molecule has 0 saturated heterocycles. The Labute approximate surface area is 386 Å². The topological polar surface area (TPSA) is 278 Å². The molecule has 20 heteroatoms. The third-order valence-electron chi connectivity index (χ3n) is 7.78. The van der Waals surface area contributed by atoms with Gasteiger partial charge in [-0.2, -0.15) is 10.2 Å². The van der Waals surface area contributed by atoms with Crippen molar-refractivity contribution in [2.24, 2.45) is 10.2 Å². The first kappa shape index (κ1) is 46.5. The number of Topliss-reactive ketones (excluding diaryl/α,β-unsaturated/α-hetero) is 2. The maximum Gasteiger partial charge on any atom is 2.00 e. The van der Waals surface area contributed by atoms with Gasteiger partial charge in [0.25, 0.3) is 0 Å². The molecule has 0 heterocycles. The molecule has 0 aromatic heterocycles. The van der Waals surface area contributed by atoms with Crippen molar-refractivity contribution in [1.29, 1.82) is 0 Å². The van der Waals surface area contributed by atoms with Crippen LogP contribution in [0.25, 0.3) is 12.2 Å². The average molecular weight is 896 g/mol. The molecule has 0 aliphatic heterocycles. The number of ketones is 2. The third-order valence-corrected chi connectivity index (χ3v) is 9.53. The van der Waals surface area contributed by atoms with Crippen LogP contribution in [-0.2, 0) is 39.4 Å². The Morgan fingerprint density at radius 3 is 1.25 bits per heavy atom. The molecule has 2 aliphatic rings. The molecule has 0 radical (unpaired) electrons. The first-order valence-electron chi connectivity index (χ1n) is 15.3. The third kappa shape index (κ3) is 10.7. The molecular weight excluding hydrogens is 872 g/mol. The van der Waals surface area contributed by atoms with Crippen molar-refractivity contribution in [3.05, 3.63) is 129 Å². The summed E-state index contributed by atoms with van der Waals surface area (Å²) < 4.78 is 68.7. The van der Waals surface area contributed by atoms with E-state index in [1.165, 1.54) is 36.4 Å². The van der Waals surface area contributed by atoms with E-state index in [1.54, 1.807) is 74.5 Å². The van der Waals surface area contributed by atoms with Gasteiger partial charge in [-0.1, -0.05) is 60.7 Å². The van der Waals surface area contributed by atoms with E-state index in [-0.39, 0.29) is 106 Å². The molecule has 4 aromatic rings. The van der Waals surface area contributed by atoms with E-state index in [0.29, 0.717) is 33.4 Å². The van der Waals surface area contributed by atoms with E-state index >= 15 is 0 Å².